The van der Waals surface area contributed by atoms with Crippen LogP contribution in [0.2, 0.25) is 0 Å². The van der Waals surface area contributed by atoms with Gasteiger partial charge >= 0.3 is 0 Å². The molecule has 0 saturated heterocycles. The van der Waals surface area contributed by atoms with Gasteiger partial charge in [0.2, 0.25) is 5.95 Å². The van der Waals surface area contributed by atoms with Gasteiger partial charge in [-0.3, -0.25) is 9.50 Å². The van der Waals surface area contributed by atoms with Gasteiger partial charge in [0.25, 0.3) is 0 Å². The maximum absolute atomic E-state index is 4.77. The first-order valence-electron chi connectivity index (χ1n) is 9.38. The van der Waals surface area contributed by atoms with Gasteiger partial charge in [-0.15, -0.1) is 0 Å². The van der Waals surface area contributed by atoms with Crippen LogP contribution in [0.15, 0.2) is 58.7 Å². The van der Waals surface area contributed by atoms with Crippen molar-refractivity contribution in [3.05, 3.63) is 54.5 Å². The summed E-state index contributed by atoms with van der Waals surface area (Å²) in [5, 5.41) is 14.8. The summed E-state index contributed by atoms with van der Waals surface area (Å²) >= 11 is 1.62. The van der Waals surface area contributed by atoms with E-state index in [1.807, 2.05) is 29.7 Å². The minimum atomic E-state index is 0.687. The molecule has 3 N–H and O–H groups in total. The van der Waals surface area contributed by atoms with Gasteiger partial charge in [0, 0.05) is 47.3 Å². The van der Waals surface area contributed by atoms with Crippen LogP contribution in [0, 0.1) is 12.8 Å². The standard InChI is InChI=1S/C20H21N7S/c1-13-10-17(26-25-13)23-20-24-19(11-18-21-8-9-27(18)20)28-16-6-4-15(5-7-16)22-12-14-2-3-14/h4-11,14,22H,2-3,12H2,1H3,(H2,23,24,25,26). The Bertz CT molecular complexity index is 1100. The molecular weight excluding hydrogens is 370 g/mol. The van der Waals surface area contributed by atoms with Gasteiger partial charge in [0.05, 0.1) is 0 Å². The van der Waals surface area contributed by atoms with Crippen molar-refractivity contribution < 1.29 is 0 Å². The van der Waals surface area contributed by atoms with Crippen molar-refractivity contribution >= 4 is 34.9 Å². The van der Waals surface area contributed by atoms with Crippen LogP contribution in [0.1, 0.15) is 18.5 Å². The number of aromatic nitrogens is 5. The molecule has 1 aliphatic carbocycles. The number of aryl methyl sites for hydroxylation is 1. The van der Waals surface area contributed by atoms with Gasteiger partial charge in [0.15, 0.2) is 5.82 Å². The minimum Gasteiger partial charge on any atom is -0.385 e. The minimum absolute atomic E-state index is 0.687. The molecule has 0 bridgehead atoms. The average molecular weight is 392 g/mol. The van der Waals surface area contributed by atoms with E-state index in [1.165, 1.54) is 18.5 Å². The molecule has 3 aromatic heterocycles. The molecule has 5 rings (SSSR count). The average Bonchev–Trinajstić information content (AvgIpc) is 3.25. The number of nitrogens with zero attached hydrogens (tertiary/aromatic N) is 4. The number of nitrogens with one attached hydrogen (secondary N) is 3. The molecule has 4 aromatic rings. The summed E-state index contributed by atoms with van der Waals surface area (Å²) in [6.07, 6.45) is 6.37. The highest BCUT2D eigenvalue weighted by molar-refractivity contribution is 7.99. The molecule has 1 saturated carbocycles. The second kappa shape index (κ2) is 7.20. The Balaban J connectivity index is 1.36. The largest absolute Gasteiger partial charge is 0.385 e. The van der Waals surface area contributed by atoms with E-state index in [0.717, 1.165) is 39.5 Å². The van der Waals surface area contributed by atoms with E-state index in [-0.39, 0.29) is 0 Å². The van der Waals surface area contributed by atoms with E-state index in [9.17, 15) is 0 Å². The molecule has 0 atom stereocenters. The molecule has 142 valence electrons. The van der Waals surface area contributed by atoms with Crippen molar-refractivity contribution in [2.45, 2.75) is 29.7 Å². The first-order chi connectivity index (χ1) is 13.7. The van der Waals surface area contributed by atoms with Crippen molar-refractivity contribution in [2.75, 3.05) is 17.2 Å². The third-order valence-electron chi connectivity index (χ3n) is 4.68. The molecule has 0 aliphatic heterocycles. The number of rotatable bonds is 7. The Morgan fingerprint density at radius 3 is 2.82 bits per heavy atom. The van der Waals surface area contributed by atoms with E-state index < -0.39 is 0 Å². The molecule has 7 nitrogen and oxygen atoms in total. The van der Waals surface area contributed by atoms with Gasteiger partial charge in [-0.2, -0.15) is 5.10 Å². The lowest BCUT2D eigenvalue weighted by Gasteiger charge is -2.09. The normalized spacial score (nSPS) is 13.8. The Morgan fingerprint density at radius 1 is 1.21 bits per heavy atom. The fourth-order valence-corrected chi connectivity index (χ4v) is 3.79. The zero-order chi connectivity index (χ0) is 18.9. The quantitative estimate of drug-likeness (QED) is 0.403. The molecule has 3 heterocycles. The number of fused-ring (bicyclic) bond motifs is 1. The molecular formula is C20H21N7S. The Hall–Kier alpha value is -3.00. The topological polar surface area (TPSA) is 82.9 Å². The summed E-state index contributed by atoms with van der Waals surface area (Å²) in [5.41, 5.74) is 3.00. The van der Waals surface area contributed by atoms with Crippen LogP contribution in [-0.4, -0.2) is 31.1 Å². The second-order valence-corrected chi connectivity index (χ2v) is 8.18. The van der Waals surface area contributed by atoms with Gasteiger partial charge in [0.1, 0.15) is 10.7 Å². The third kappa shape index (κ3) is 3.82. The summed E-state index contributed by atoms with van der Waals surface area (Å²) in [6.45, 7) is 3.04. The van der Waals surface area contributed by atoms with Crippen LogP contribution < -0.4 is 10.6 Å². The Morgan fingerprint density at radius 2 is 2.07 bits per heavy atom. The van der Waals surface area contributed by atoms with Crippen LogP contribution >= 0.6 is 11.8 Å². The molecule has 0 unspecified atom stereocenters. The highest BCUT2D eigenvalue weighted by Crippen LogP contribution is 2.31. The van der Waals surface area contributed by atoms with Crippen LogP contribution in [0.25, 0.3) is 5.65 Å². The smallest absolute Gasteiger partial charge is 0.215 e. The Labute approximate surface area is 167 Å². The molecule has 0 spiro atoms. The van der Waals surface area contributed by atoms with E-state index in [1.54, 1.807) is 18.0 Å². The molecule has 28 heavy (non-hydrogen) atoms. The third-order valence-corrected chi connectivity index (χ3v) is 5.61. The maximum Gasteiger partial charge on any atom is 0.215 e. The van der Waals surface area contributed by atoms with Crippen LogP contribution in [-0.2, 0) is 0 Å². The van der Waals surface area contributed by atoms with Gasteiger partial charge in [-0.1, -0.05) is 11.8 Å². The van der Waals surface area contributed by atoms with Crippen molar-refractivity contribution in [2.24, 2.45) is 5.92 Å². The lowest BCUT2D eigenvalue weighted by molar-refractivity contribution is 0.889. The molecule has 0 radical (unpaired) electrons. The zero-order valence-electron chi connectivity index (χ0n) is 15.5. The predicted octanol–water partition coefficient (Wildman–Crippen LogP) is 4.48. The number of aromatic amines is 1. The van der Waals surface area contributed by atoms with Crippen molar-refractivity contribution in [1.82, 2.24) is 24.6 Å². The number of hydrogen-bond acceptors (Lipinski definition) is 6. The zero-order valence-corrected chi connectivity index (χ0v) is 16.3. The van der Waals surface area contributed by atoms with E-state index in [2.05, 4.69) is 50.1 Å². The lowest BCUT2D eigenvalue weighted by Crippen LogP contribution is -2.03. The molecule has 8 heteroatoms. The predicted molar refractivity (Wildman–Crippen MR) is 111 cm³/mol. The highest BCUT2D eigenvalue weighted by atomic mass is 32.2. The van der Waals surface area contributed by atoms with Gasteiger partial charge < -0.3 is 10.6 Å². The molecule has 0 amide bonds. The monoisotopic (exact) mass is 391 g/mol. The highest BCUT2D eigenvalue weighted by Gasteiger charge is 2.20. The summed E-state index contributed by atoms with van der Waals surface area (Å²) in [7, 11) is 0. The van der Waals surface area contributed by atoms with Crippen LogP contribution in [0.3, 0.4) is 0 Å². The second-order valence-electron chi connectivity index (χ2n) is 7.09. The first kappa shape index (κ1) is 17.1. The molecule has 1 fully saturated rings. The number of hydrogen-bond donors (Lipinski definition) is 3. The fourth-order valence-electron chi connectivity index (χ4n) is 2.98. The van der Waals surface area contributed by atoms with Crippen molar-refractivity contribution in [1.29, 1.82) is 0 Å². The van der Waals surface area contributed by atoms with Gasteiger partial charge in [-0.05, 0) is 49.9 Å². The van der Waals surface area contributed by atoms with Crippen molar-refractivity contribution in [3.8, 4) is 0 Å². The number of imidazole rings is 1. The first-order valence-corrected chi connectivity index (χ1v) is 10.2. The summed E-state index contributed by atoms with van der Waals surface area (Å²) in [4.78, 5) is 10.3. The molecule has 1 aliphatic rings. The summed E-state index contributed by atoms with van der Waals surface area (Å²) in [5.74, 6) is 2.28. The van der Waals surface area contributed by atoms with Crippen LogP contribution in [0.4, 0.5) is 17.5 Å². The van der Waals surface area contributed by atoms with Crippen LogP contribution in [0.5, 0.6) is 0 Å². The lowest BCUT2D eigenvalue weighted by atomic mass is 10.3. The van der Waals surface area contributed by atoms with E-state index in [0.29, 0.717) is 5.95 Å². The summed E-state index contributed by atoms with van der Waals surface area (Å²) < 4.78 is 1.92. The fraction of sp³-hybridized carbons (Fsp3) is 0.250. The van der Waals surface area contributed by atoms with Gasteiger partial charge in [-0.25, -0.2) is 9.97 Å². The number of benzene rings is 1. The van der Waals surface area contributed by atoms with Crippen molar-refractivity contribution in [3.63, 3.8) is 0 Å². The molecule has 1 aromatic carbocycles. The summed E-state index contributed by atoms with van der Waals surface area (Å²) in [6, 6.07) is 12.4. The Kier molecular flexibility index (Phi) is 4.40. The number of H-pyrrole nitrogens is 1. The van der Waals surface area contributed by atoms with E-state index >= 15 is 0 Å². The SMILES string of the molecule is Cc1cc(Nc2nc(Sc3ccc(NCC4CC4)cc3)cc3nccn23)n[nH]1. The number of anilines is 3. The maximum atomic E-state index is 4.77. The van der Waals surface area contributed by atoms with E-state index in [4.69, 9.17) is 4.98 Å².